The van der Waals surface area contributed by atoms with E-state index in [2.05, 4.69) is 22.3 Å². The van der Waals surface area contributed by atoms with Crippen molar-refractivity contribution in [2.75, 3.05) is 33.5 Å². The van der Waals surface area contributed by atoms with Crippen molar-refractivity contribution in [3.8, 4) is 0 Å². The van der Waals surface area contributed by atoms with Crippen molar-refractivity contribution < 1.29 is 28.6 Å². The van der Waals surface area contributed by atoms with Gasteiger partial charge in [0.2, 0.25) is 11.8 Å². The SMILES string of the molecule is COCCOCCCNC(=O)C(CC(=O)OC=C1C=CC=C[CH-]1)NC(C)=O.NN. The molecule has 0 aromatic rings. The van der Waals surface area contributed by atoms with Crippen LogP contribution in [0.25, 0.3) is 0 Å². The van der Waals surface area contributed by atoms with Crippen molar-refractivity contribution in [2.24, 2.45) is 11.7 Å². The smallest absolute Gasteiger partial charge is 0.304 e. The molecule has 1 aliphatic carbocycles. The fraction of sp³-hybridized carbons (Fsp3) is 0.474. The lowest BCUT2D eigenvalue weighted by Gasteiger charge is -2.17. The number of ether oxygens (including phenoxy) is 3. The van der Waals surface area contributed by atoms with Crippen LogP contribution >= 0.6 is 0 Å². The van der Waals surface area contributed by atoms with Crippen LogP contribution in [0.15, 0.2) is 36.1 Å². The Morgan fingerprint density at radius 1 is 1.21 bits per heavy atom. The number of hydrogen-bond donors (Lipinski definition) is 4. The van der Waals surface area contributed by atoms with Crippen molar-refractivity contribution in [2.45, 2.75) is 25.8 Å². The zero-order chi connectivity index (χ0) is 21.9. The van der Waals surface area contributed by atoms with Gasteiger partial charge in [-0.15, -0.1) is 36.3 Å². The van der Waals surface area contributed by atoms with Gasteiger partial charge in [-0.05, 0) is 6.42 Å². The molecule has 0 bridgehead atoms. The molecule has 0 saturated heterocycles. The summed E-state index contributed by atoms with van der Waals surface area (Å²) in [4.78, 5) is 35.5. The molecule has 0 heterocycles. The summed E-state index contributed by atoms with van der Waals surface area (Å²) in [6, 6.07) is -0.992. The first kappa shape index (κ1) is 26.3. The number of carbonyl (C=O) groups is 3. The van der Waals surface area contributed by atoms with Crippen LogP contribution in [0.1, 0.15) is 19.8 Å². The molecule has 0 aromatic heterocycles. The lowest BCUT2D eigenvalue weighted by Crippen LogP contribution is -2.47. The van der Waals surface area contributed by atoms with Gasteiger partial charge in [-0.3, -0.25) is 26.1 Å². The molecule has 10 nitrogen and oxygen atoms in total. The Balaban J connectivity index is 0.00000379. The quantitative estimate of drug-likeness (QED) is 0.0846. The number of rotatable bonds is 12. The van der Waals surface area contributed by atoms with Crippen LogP contribution in [0.2, 0.25) is 0 Å². The van der Waals surface area contributed by atoms with E-state index in [4.69, 9.17) is 14.2 Å². The number of allylic oxidation sites excluding steroid dienone is 5. The molecule has 0 radical (unpaired) electrons. The molecule has 1 rings (SSSR count). The molecule has 0 spiro atoms. The third-order valence-corrected chi connectivity index (χ3v) is 3.39. The van der Waals surface area contributed by atoms with Crippen LogP contribution in [0.4, 0.5) is 0 Å². The summed E-state index contributed by atoms with van der Waals surface area (Å²) in [5.41, 5.74) is 0.722. The Kier molecular flexibility index (Phi) is 15.8. The van der Waals surface area contributed by atoms with Gasteiger partial charge in [0.05, 0.1) is 19.6 Å². The Morgan fingerprint density at radius 2 is 1.97 bits per heavy atom. The molecular weight excluding hydrogens is 380 g/mol. The largest absolute Gasteiger partial charge is 0.482 e. The molecule has 10 heteroatoms. The van der Waals surface area contributed by atoms with Crippen molar-refractivity contribution in [3.05, 3.63) is 42.6 Å². The van der Waals surface area contributed by atoms with Gasteiger partial charge in [-0.1, -0.05) is 0 Å². The first-order valence-corrected chi connectivity index (χ1v) is 9.05. The minimum Gasteiger partial charge on any atom is -0.482 e. The summed E-state index contributed by atoms with van der Waals surface area (Å²) in [6.07, 6.45) is 10.7. The van der Waals surface area contributed by atoms with E-state index in [0.29, 0.717) is 32.8 Å². The minimum atomic E-state index is -0.992. The highest BCUT2D eigenvalue weighted by Gasteiger charge is 2.22. The standard InChI is InChI=1S/C19H27N2O6.H4N2/c1-15(22)21-17(19(24)20-9-6-10-26-12-11-25-2)13-18(23)27-14-16-7-4-3-5-8-16;1-2/h3-5,7-8,14,17H,6,9-13H2,1-2H3,(H,20,24)(H,21,22);1-2H2/q-1;. The molecular formula is C19H31N4O6-. The van der Waals surface area contributed by atoms with Crippen LogP contribution in [0.5, 0.6) is 0 Å². The summed E-state index contributed by atoms with van der Waals surface area (Å²) in [5.74, 6) is 6.53. The van der Waals surface area contributed by atoms with E-state index in [1.807, 2.05) is 18.2 Å². The number of methoxy groups -OCH3 is 1. The summed E-state index contributed by atoms with van der Waals surface area (Å²) >= 11 is 0. The highest BCUT2D eigenvalue weighted by atomic mass is 16.5. The summed E-state index contributed by atoms with van der Waals surface area (Å²) in [7, 11) is 1.59. The van der Waals surface area contributed by atoms with Gasteiger partial charge >= 0.3 is 5.97 Å². The van der Waals surface area contributed by atoms with Crippen molar-refractivity contribution in [1.82, 2.24) is 10.6 Å². The highest BCUT2D eigenvalue weighted by Crippen LogP contribution is 2.09. The minimum absolute atomic E-state index is 0.265. The molecule has 0 fully saturated rings. The Labute approximate surface area is 171 Å². The average molecular weight is 411 g/mol. The molecule has 1 unspecified atom stereocenters. The molecule has 29 heavy (non-hydrogen) atoms. The van der Waals surface area contributed by atoms with Gasteiger partial charge in [0, 0.05) is 33.4 Å². The van der Waals surface area contributed by atoms with Crippen LogP contribution in [-0.4, -0.2) is 57.3 Å². The highest BCUT2D eigenvalue weighted by molar-refractivity contribution is 5.90. The van der Waals surface area contributed by atoms with Crippen LogP contribution in [-0.2, 0) is 28.6 Å². The maximum atomic E-state index is 12.2. The van der Waals surface area contributed by atoms with Crippen molar-refractivity contribution in [3.63, 3.8) is 0 Å². The van der Waals surface area contributed by atoms with Gasteiger partial charge in [-0.25, -0.2) is 0 Å². The second kappa shape index (κ2) is 17.4. The van der Waals surface area contributed by atoms with Crippen molar-refractivity contribution in [1.29, 1.82) is 0 Å². The fourth-order valence-corrected chi connectivity index (χ4v) is 2.09. The van der Waals surface area contributed by atoms with Crippen molar-refractivity contribution >= 4 is 17.8 Å². The number of nitrogens with one attached hydrogen (secondary N) is 2. The van der Waals surface area contributed by atoms with Gasteiger partial charge < -0.3 is 24.8 Å². The molecule has 1 atom stereocenters. The Hall–Kier alpha value is -2.66. The van der Waals surface area contributed by atoms with Crippen LogP contribution in [0, 0.1) is 6.42 Å². The Bertz CT molecular complexity index is 589. The monoisotopic (exact) mass is 411 g/mol. The third kappa shape index (κ3) is 14.1. The molecule has 6 N–H and O–H groups in total. The normalized spacial score (nSPS) is 14.3. The number of carbonyl (C=O) groups excluding carboxylic acids is 3. The van der Waals surface area contributed by atoms with Crippen LogP contribution < -0.4 is 22.3 Å². The maximum absolute atomic E-state index is 12.2. The van der Waals surface area contributed by atoms with E-state index < -0.39 is 23.8 Å². The summed E-state index contributed by atoms with van der Waals surface area (Å²) < 4.78 is 15.2. The summed E-state index contributed by atoms with van der Waals surface area (Å²) in [6.45, 7) is 3.13. The van der Waals surface area contributed by atoms with E-state index in [1.54, 1.807) is 19.6 Å². The molecule has 0 aromatic carbocycles. The van der Waals surface area contributed by atoms with Gasteiger partial charge in [0.1, 0.15) is 6.04 Å². The number of hydrazine groups is 1. The number of hydrogen-bond acceptors (Lipinski definition) is 8. The second-order valence-corrected chi connectivity index (χ2v) is 5.73. The fourth-order valence-electron chi connectivity index (χ4n) is 2.09. The zero-order valence-electron chi connectivity index (χ0n) is 16.9. The zero-order valence-corrected chi connectivity index (χ0v) is 16.9. The third-order valence-electron chi connectivity index (χ3n) is 3.39. The van der Waals surface area contributed by atoms with E-state index in [0.717, 1.165) is 5.57 Å². The average Bonchev–Trinajstić information content (AvgIpc) is 2.73. The van der Waals surface area contributed by atoms with Gasteiger partial charge in [-0.2, -0.15) is 0 Å². The first-order chi connectivity index (χ1) is 14.0. The van der Waals surface area contributed by atoms with Gasteiger partial charge in [0.15, 0.2) is 0 Å². The number of nitrogens with two attached hydrogens (primary N) is 2. The van der Waals surface area contributed by atoms with E-state index in [1.165, 1.54) is 13.2 Å². The topological polar surface area (TPSA) is 155 Å². The first-order valence-electron chi connectivity index (χ1n) is 9.05. The lowest BCUT2D eigenvalue weighted by atomic mass is 10.1. The Morgan fingerprint density at radius 3 is 2.59 bits per heavy atom. The molecule has 164 valence electrons. The number of esters is 1. The lowest BCUT2D eigenvalue weighted by molar-refractivity contribution is -0.141. The van der Waals surface area contributed by atoms with E-state index >= 15 is 0 Å². The molecule has 0 aliphatic heterocycles. The molecule has 0 saturated carbocycles. The maximum Gasteiger partial charge on any atom is 0.304 e. The van der Waals surface area contributed by atoms with E-state index in [-0.39, 0.29) is 6.42 Å². The second-order valence-electron chi connectivity index (χ2n) is 5.73. The van der Waals surface area contributed by atoms with Gasteiger partial charge in [0.25, 0.3) is 0 Å². The predicted molar refractivity (Wildman–Crippen MR) is 108 cm³/mol. The van der Waals surface area contributed by atoms with Crippen LogP contribution in [0.3, 0.4) is 0 Å². The number of amides is 2. The van der Waals surface area contributed by atoms with E-state index in [9.17, 15) is 14.4 Å². The molecule has 1 aliphatic rings. The predicted octanol–water partition coefficient (Wildman–Crippen LogP) is -0.373. The summed E-state index contributed by atoms with van der Waals surface area (Å²) in [5, 5.41) is 5.14. The molecule has 2 amide bonds.